The minimum absolute atomic E-state index is 0.424. The van der Waals surface area contributed by atoms with Crippen LogP contribution < -0.4 is 9.80 Å². The SMILES string of the molecule is CN(c1ccc([N+]#N)c(Cl)c1)C1CCCCC1.CN(c1ccc([N+]#N)c(Cl)c1)C1CCCCC1.[Cl][Zn-2]([Cl])([Cl])[Cl]. The summed E-state index contributed by atoms with van der Waals surface area (Å²) >= 11 is 12.1. The second-order valence-electron chi connectivity index (χ2n) is 9.88. The predicted molar refractivity (Wildman–Crippen MR) is 166 cm³/mol. The molecule has 0 bridgehead atoms. The molecule has 0 atom stereocenters. The Kier molecular flexibility index (Phi) is 15.2. The van der Waals surface area contributed by atoms with E-state index in [1.165, 1.54) is 64.2 Å². The van der Waals surface area contributed by atoms with Crippen molar-refractivity contribution in [1.29, 1.82) is 10.8 Å². The van der Waals surface area contributed by atoms with E-state index >= 15 is 0 Å². The Hall–Kier alpha value is -0.757. The van der Waals surface area contributed by atoms with Crippen molar-refractivity contribution in [3.63, 3.8) is 0 Å². The third kappa shape index (κ3) is 12.3. The third-order valence-corrected chi connectivity index (χ3v) is 7.74. The summed E-state index contributed by atoms with van der Waals surface area (Å²) in [6.45, 7) is 0. The van der Waals surface area contributed by atoms with Crippen LogP contribution in [-0.2, 0) is 10.8 Å². The number of diazo groups is 2. The molecule has 0 heterocycles. The van der Waals surface area contributed by atoms with E-state index < -0.39 is 10.8 Å². The van der Waals surface area contributed by atoms with Gasteiger partial charge in [-0.15, -0.1) is 0 Å². The van der Waals surface area contributed by atoms with Crippen LogP contribution in [-0.4, -0.2) is 26.2 Å². The Morgan fingerprint density at radius 1 is 0.641 bits per heavy atom. The molecule has 2 aliphatic carbocycles. The summed E-state index contributed by atoms with van der Waals surface area (Å²) in [6, 6.07) is 12.4. The van der Waals surface area contributed by atoms with E-state index in [0.717, 1.165) is 11.4 Å². The van der Waals surface area contributed by atoms with Crippen molar-refractivity contribution in [2.75, 3.05) is 23.9 Å². The molecule has 39 heavy (non-hydrogen) atoms. The molecule has 6 nitrogen and oxygen atoms in total. The molecule has 0 unspecified atom stereocenters. The van der Waals surface area contributed by atoms with E-state index in [-0.39, 0.29) is 0 Å². The van der Waals surface area contributed by atoms with Crippen molar-refractivity contribution >= 4 is 84.7 Å². The van der Waals surface area contributed by atoms with Crippen molar-refractivity contribution in [3.8, 4) is 0 Å². The normalized spacial score (nSPS) is 15.9. The molecule has 2 aliphatic rings. The van der Waals surface area contributed by atoms with Crippen molar-refractivity contribution in [1.82, 2.24) is 0 Å². The number of hydrogen-bond acceptors (Lipinski definition) is 4. The third-order valence-electron chi connectivity index (χ3n) is 7.14. The van der Waals surface area contributed by atoms with Gasteiger partial charge in [0.25, 0.3) is 0 Å². The van der Waals surface area contributed by atoms with Crippen LogP contribution in [0, 0.1) is 10.8 Å². The molecule has 0 N–H and O–H groups in total. The zero-order valence-corrected chi connectivity index (χ0v) is 29.9. The Labute approximate surface area is 261 Å². The monoisotopic (exact) mass is 704 g/mol. The van der Waals surface area contributed by atoms with Gasteiger partial charge < -0.3 is 9.80 Å². The average Bonchev–Trinajstić information content (AvgIpc) is 2.92. The van der Waals surface area contributed by atoms with E-state index in [4.69, 9.17) is 72.8 Å². The van der Waals surface area contributed by atoms with Crippen molar-refractivity contribution in [2.24, 2.45) is 0 Å². The van der Waals surface area contributed by atoms with Gasteiger partial charge in [-0.2, -0.15) is 0 Å². The van der Waals surface area contributed by atoms with Crippen molar-refractivity contribution in [3.05, 3.63) is 56.4 Å². The number of hydrogen-bond donors (Lipinski definition) is 0. The fourth-order valence-electron chi connectivity index (χ4n) is 4.95. The van der Waals surface area contributed by atoms with E-state index in [2.05, 4.69) is 33.8 Å². The van der Waals surface area contributed by atoms with Crippen molar-refractivity contribution < 1.29 is 10.8 Å². The molecule has 0 amide bonds. The Morgan fingerprint density at radius 3 is 1.21 bits per heavy atom. The zero-order chi connectivity index (χ0) is 29.0. The molecule has 4 rings (SSSR count). The number of rotatable bonds is 4. The average molecular weight is 709 g/mol. The first kappa shape index (κ1) is 34.4. The molecule has 2 aromatic rings. The molecule has 0 saturated heterocycles. The van der Waals surface area contributed by atoms with E-state index in [0.29, 0.717) is 33.5 Å². The topological polar surface area (TPSA) is 62.8 Å². The van der Waals surface area contributed by atoms with E-state index in [1.807, 2.05) is 24.3 Å². The van der Waals surface area contributed by atoms with Crippen LogP contribution in [0.2, 0.25) is 10.0 Å². The van der Waals surface area contributed by atoms with Crippen LogP contribution in [0.4, 0.5) is 22.7 Å². The first-order chi connectivity index (χ1) is 18.4. The summed E-state index contributed by atoms with van der Waals surface area (Å²) in [4.78, 5) is 10.8. The zero-order valence-electron chi connectivity index (χ0n) is 22.3. The van der Waals surface area contributed by atoms with Gasteiger partial charge in [0.2, 0.25) is 10.8 Å². The molecule has 0 spiro atoms. The summed E-state index contributed by atoms with van der Waals surface area (Å²) in [7, 11) is 21.0. The first-order valence-electron chi connectivity index (χ1n) is 13.3. The molecular formula is C26H34Cl6N6Zn. The fraction of sp³-hybridized carbons (Fsp3) is 0.538. The number of halogens is 6. The Morgan fingerprint density at radius 2 is 0.949 bits per heavy atom. The number of benzene rings is 2. The summed E-state index contributed by atoms with van der Waals surface area (Å²) < 4.78 is 0. The van der Waals surface area contributed by atoms with Crippen LogP contribution >= 0.6 is 62.0 Å². The van der Waals surface area contributed by atoms with Crippen LogP contribution in [0.3, 0.4) is 0 Å². The summed E-state index contributed by atoms with van der Waals surface area (Å²) in [6.07, 6.45) is 13.0. The predicted octanol–water partition coefficient (Wildman–Crippen LogP) is 11.9. The van der Waals surface area contributed by atoms with Gasteiger partial charge in [0.05, 0.1) is 0 Å². The van der Waals surface area contributed by atoms with Gasteiger partial charge in [0.15, 0.2) is 9.95 Å². The van der Waals surface area contributed by atoms with Gasteiger partial charge >= 0.3 is 61.0 Å². The van der Waals surface area contributed by atoms with E-state index in [9.17, 15) is 0 Å². The minimum atomic E-state index is -3.36. The Balaban J connectivity index is 0.000000234. The molecule has 2 saturated carbocycles. The molecule has 0 aromatic heterocycles. The molecule has 2 fully saturated rings. The first-order valence-corrected chi connectivity index (χ1v) is 29.6. The maximum atomic E-state index is 8.72. The summed E-state index contributed by atoms with van der Waals surface area (Å²) in [5, 5.41) is 18.4. The van der Waals surface area contributed by atoms with Crippen LogP contribution in [0.1, 0.15) is 64.2 Å². The van der Waals surface area contributed by atoms with Gasteiger partial charge in [-0.05, 0) is 49.9 Å². The van der Waals surface area contributed by atoms with Gasteiger partial charge in [-0.25, -0.2) is 0 Å². The summed E-state index contributed by atoms with van der Waals surface area (Å²) in [5.41, 5.74) is 3.03. The van der Waals surface area contributed by atoms with Crippen molar-refractivity contribution in [2.45, 2.75) is 76.3 Å². The fourth-order valence-corrected chi connectivity index (χ4v) is 5.38. The van der Waals surface area contributed by atoms with Gasteiger partial charge in [-0.3, -0.25) is 0 Å². The Bertz CT molecular complexity index is 1050. The number of anilines is 2. The maximum absolute atomic E-state index is 8.72. The van der Waals surface area contributed by atoms with Gasteiger partial charge in [0, 0.05) is 49.7 Å². The van der Waals surface area contributed by atoms with Gasteiger partial charge in [-0.1, -0.05) is 61.7 Å². The van der Waals surface area contributed by atoms with Crippen LogP contribution in [0.5, 0.6) is 0 Å². The van der Waals surface area contributed by atoms with Crippen LogP contribution in [0.15, 0.2) is 36.4 Å². The van der Waals surface area contributed by atoms with Gasteiger partial charge in [0.1, 0.15) is 10.0 Å². The summed E-state index contributed by atoms with van der Waals surface area (Å²) in [5.74, 6) is 0. The molecule has 0 aliphatic heterocycles. The van der Waals surface area contributed by atoms with Crippen LogP contribution in [0.25, 0.3) is 9.95 Å². The molecule has 212 valence electrons. The number of nitrogens with zero attached hydrogens (tertiary/aromatic N) is 6. The second kappa shape index (κ2) is 17.3. The standard InChI is InChI=1S/2C13H17ClN3.4ClH.Zn/c2*1-17(10-5-3-2-4-6-10)11-7-8-13(16-15)12(14)9-11;;;;;/h2*7-10H,2-6H2,1H3;4*1H;/q2*+1;;;;;+2/p-4. The molecule has 2 aromatic carbocycles. The molecule has 13 heteroatoms. The molecular weight excluding hydrogens is 674 g/mol. The second-order valence-corrected chi connectivity index (χ2v) is 38.4. The van der Waals surface area contributed by atoms with E-state index in [1.54, 1.807) is 12.1 Å². The quantitative estimate of drug-likeness (QED) is 0.234. The molecule has 0 radical (unpaired) electrons.